The number of nitrogens with one attached hydrogen (secondary N) is 1. The molecule has 3 atom stereocenters. The molecular formula is C12H16N2O5. The van der Waals surface area contributed by atoms with Crippen LogP contribution in [0.2, 0.25) is 0 Å². The molecule has 0 saturated carbocycles. The average molecular weight is 268 g/mol. The van der Waals surface area contributed by atoms with Gasteiger partial charge in [0.25, 0.3) is 5.69 Å². The summed E-state index contributed by atoms with van der Waals surface area (Å²) in [6.45, 7) is 1.56. The van der Waals surface area contributed by atoms with Crippen molar-refractivity contribution >= 4 is 11.4 Å². The molecule has 7 heteroatoms. The number of benzene rings is 1. The Morgan fingerprint density at radius 2 is 2.32 bits per heavy atom. The van der Waals surface area contributed by atoms with Crippen LogP contribution in [0.15, 0.2) is 18.2 Å². The third kappa shape index (κ3) is 3.01. The molecule has 7 nitrogen and oxygen atoms in total. The number of aryl methyl sites for hydroxylation is 1. The quantitative estimate of drug-likeness (QED) is 0.550. The van der Waals surface area contributed by atoms with Crippen LogP contribution in [0, 0.1) is 17.0 Å². The summed E-state index contributed by atoms with van der Waals surface area (Å²) in [6, 6.07) is 4.51. The predicted octanol–water partition coefficient (Wildman–Crippen LogP) is 0.783. The molecule has 0 bridgehead atoms. The largest absolute Gasteiger partial charge is 0.394 e. The van der Waals surface area contributed by atoms with Gasteiger partial charge in [-0.05, 0) is 12.5 Å². The van der Waals surface area contributed by atoms with Crippen molar-refractivity contribution in [2.24, 2.45) is 0 Å². The van der Waals surface area contributed by atoms with Crippen LogP contribution in [-0.2, 0) is 4.74 Å². The van der Waals surface area contributed by atoms with E-state index in [1.807, 2.05) is 6.92 Å². The first-order valence-corrected chi connectivity index (χ1v) is 5.97. The van der Waals surface area contributed by atoms with Gasteiger partial charge in [0.15, 0.2) is 0 Å². The Morgan fingerprint density at radius 1 is 1.58 bits per heavy atom. The Kier molecular flexibility index (Phi) is 3.98. The molecule has 3 N–H and O–H groups in total. The number of nitro groups is 1. The van der Waals surface area contributed by atoms with Gasteiger partial charge in [-0.3, -0.25) is 10.1 Å². The van der Waals surface area contributed by atoms with E-state index in [9.17, 15) is 15.2 Å². The van der Waals surface area contributed by atoms with Gasteiger partial charge < -0.3 is 20.3 Å². The smallest absolute Gasteiger partial charge is 0.271 e. The zero-order valence-electron chi connectivity index (χ0n) is 10.4. The Balaban J connectivity index is 2.11. The fraction of sp³-hybridized carbons (Fsp3) is 0.500. The lowest BCUT2D eigenvalue weighted by Crippen LogP contribution is -2.25. The number of aliphatic hydroxyl groups excluding tert-OH is 2. The molecule has 0 radical (unpaired) electrons. The van der Waals surface area contributed by atoms with Gasteiger partial charge in [0.05, 0.1) is 17.6 Å². The molecule has 19 heavy (non-hydrogen) atoms. The van der Waals surface area contributed by atoms with E-state index in [0.717, 1.165) is 5.56 Å². The maximum Gasteiger partial charge on any atom is 0.271 e. The number of nitro benzene ring substituents is 1. The lowest BCUT2D eigenvalue weighted by molar-refractivity contribution is -0.384. The van der Waals surface area contributed by atoms with Gasteiger partial charge in [-0.2, -0.15) is 0 Å². The molecule has 2 rings (SSSR count). The normalized spacial score (nSPS) is 26.4. The number of anilines is 1. The van der Waals surface area contributed by atoms with Crippen molar-refractivity contribution in [1.82, 2.24) is 0 Å². The maximum atomic E-state index is 10.7. The van der Waals surface area contributed by atoms with E-state index in [1.165, 1.54) is 12.1 Å². The molecule has 0 unspecified atom stereocenters. The van der Waals surface area contributed by atoms with E-state index >= 15 is 0 Å². The number of non-ortho nitro benzene ring substituents is 1. The molecule has 1 aromatic carbocycles. The van der Waals surface area contributed by atoms with E-state index in [4.69, 9.17) is 9.84 Å². The van der Waals surface area contributed by atoms with Crippen LogP contribution in [-0.4, -0.2) is 40.2 Å². The first kappa shape index (κ1) is 13.7. The highest BCUT2D eigenvalue weighted by Gasteiger charge is 2.33. The van der Waals surface area contributed by atoms with Crippen LogP contribution < -0.4 is 5.32 Å². The summed E-state index contributed by atoms with van der Waals surface area (Å²) in [5, 5.41) is 32.3. The van der Waals surface area contributed by atoms with Gasteiger partial charge in [-0.25, -0.2) is 0 Å². The Morgan fingerprint density at radius 3 is 2.89 bits per heavy atom. The van der Waals surface area contributed by atoms with Gasteiger partial charge in [-0.15, -0.1) is 0 Å². The SMILES string of the molecule is Cc1ccc([N+](=O)[O-])cc1N[C@@H]1C[C@@H](O)[C@@H](CO)O1. The molecule has 1 fully saturated rings. The summed E-state index contributed by atoms with van der Waals surface area (Å²) in [5.74, 6) is 0. The highest BCUT2D eigenvalue weighted by Crippen LogP contribution is 2.26. The summed E-state index contributed by atoms with van der Waals surface area (Å²) >= 11 is 0. The number of hydrogen-bond acceptors (Lipinski definition) is 6. The van der Waals surface area contributed by atoms with Crippen molar-refractivity contribution in [3.8, 4) is 0 Å². The molecule has 0 spiro atoms. The van der Waals surface area contributed by atoms with Crippen LogP contribution in [0.5, 0.6) is 0 Å². The van der Waals surface area contributed by atoms with E-state index in [1.54, 1.807) is 6.07 Å². The average Bonchev–Trinajstić information content (AvgIpc) is 2.72. The minimum atomic E-state index is -0.735. The van der Waals surface area contributed by atoms with Gasteiger partial charge in [0.1, 0.15) is 12.3 Å². The number of ether oxygens (including phenoxy) is 1. The second kappa shape index (κ2) is 5.52. The number of nitrogens with zero attached hydrogens (tertiary/aromatic N) is 1. The molecule has 104 valence electrons. The van der Waals surface area contributed by atoms with Gasteiger partial charge in [0.2, 0.25) is 0 Å². The van der Waals surface area contributed by atoms with Gasteiger partial charge in [-0.1, -0.05) is 6.07 Å². The molecule has 1 heterocycles. The summed E-state index contributed by atoms with van der Waals surface area (Å²) in [4.78, 5) is 10.3. The van der Waals surface area contributed by atoms with Crippen LogP contribution in [0.4, 0.5) is 11.4 Å². The van der Waals surface area contributed by atoms with Gasteiger partial charge >= 0.3 is 0 Å². The van der Waals surface area contributed by atoms with Gasteiger partial charge in [0, 0.05) is 24.2 Å². The Bertz CT molecular complexity index is 479. The van der Waals surface area contributed by atoms with E-state index in [0.29, 0.717) is 12.1 Å². The third-order valence-corrected chi connectivity index (χ3v) is 3.15. The number of hydrogen-bond donors (Lipinski definition) is 3. The Hall–Kier alpha value is -1.70. The second-order valence-corrected chi connectivity index (χ2v) is 4.55. The fourth-order valence-corrected chi connectivity index (χ4v) is 2.04. The van der Waals surface area contributed by atoms with Crippen molar-refractivity contribution in [1.29, 1.82) is 0 Å². The Labute approximate surface area is 110 Å². The van der Waals surface area contributed by atoms with Crippen molar-refractivity contribution in [3.63, 3.8) is 0 Å². The minimum absolute atomic E-state index is 0.00893. The monoisotopic (exact) mass is 268 g/mol. The first-order valence-electron chi connectivity index (χ1n) is 5.97. The lowest BCUT2D eigenvalue weighted by Gasteiger charge is -2.16. The van der Waals surface area contributed by atoms with E-state index in [2.05, 4.69) is 5.32 Å². The topological polar surface area (TPSA) is 105 Å². The molecule has 0 aliphatic carbocycles. The summed E-state index contributed by atoms with van der Waals surface area (Å²) < 4.78 is 5.40. The second-order valence-electron chi connectivity index (χ2n) is 4.55. The summed E-state index contributed by atoms with van der Waals surface area (Å²) in [5.41, 5.74) is 1.42. The zero-order valence-corrected chi connectivity index (χ0v) is 10.4. The molecule has 1 aromatic rings. The van der Waals surface area contributed by atoms with Crippen LogP contribution >= 0.6 is 0 Å². The molecule has 1 saturated heterocycles. The fourth-order valence-electron chi connectivity index (χ4n) is 2.04. The molecule has 0 aromatic heterocycles. The molecule has 1 aliphatic rings. The molecule has 0 amide bonds. The van der Waals surface area contributed by atoms with E-state index in [-0.39, 0.29) is 12.3 Å². The number of rotatable bonds is 4. The van der Waals surface area contributed by atoms with Crippen LogP contribution in [0.3, 0.4) is 0 Å². The lowest BCUT2D eigenvalue weighted by atomic mass is 10.1. The maximum absolute atomic E-state index is 10.7. The summed E-state index contributed by atoms with van der Waals surface area (Å²) in [7, 11) is 0. The summed E-state index contributed by atoms with van der Waals surface area (Å²) in [6.07, 6.45) is -1.49. The molecule has 1 aliphatic heterocycles. The predicted molar refractivity (Wildman–Crippen MR) is 67.8 cm³/mol. The van der Waals surface area contributed by atoms with Crippen molar-refractivity contribution in [2.45, 2.75) is 31.8 Å². The molecular weight excluding hydrogens is 252 g/mol. The zero-order chi connectivity index (χ0) is 14.0. The van der Waals surface area contributed by atoms with Crippen LogP contribution in [0.25, 0.3) is 0 Å². The first-order chi connectivity index (χ1) is 9.01. The number of aliphatic hydroxyl groups is 2. The third-order valence-electron chi connectivity index (χ3n) is 3.15. The highest BCUT2D eigenvalue weighted by molar-refractivity contribution is 5.57. The van der Waals surface area contributed by atoms with Crippen molar-refractivity contribution in [2.75, 3.05) is 11.9 Å². The standard InChI is InChI=1S/C12H16N2O5/c1-7-2-3-8(14(17)18)4-9(7)13-12-5-10(16)11(6-15)19-12/h2-4,10-13,15-16H,5-6H2,1H3/t10-,11-,12+/m1/s1. The van der Waals surface area contributed by atoms with Crippen molar-refractivity contribution < 1.29 is 19.9 Å². The van der Waals surface area contributed by atoms with Crippen LogP contribution in [0.1, 0.15) is 12.0 Å². The minimum Gasteiger partial charge on any atom is -0.394 e. The highest BCUT2D eigenvalue weighted by atomic mass is 16.6. The van der Waals surface area contributed by atoms with Crippen molar-refractivity contribution in [3.05, 3.63) is 33.9 Å². The van der Waals surface area contributed by atoms with E-state index < -0.39 is 23.4 Å².